The molecule has 0 radical (unpaired) electrons. The van der Waals surface area contributed by atoms with Crippen LogP contribution in [0.1, 0.15) is 23.9 Å². The van der Waals surface area contributed by atoms with Crippen molar-refractivity contribution in [2.45, 2.75) is 32.1 Å². The summed E-state index contributed by atoms with van der Waals surface area (Å²) in [6, 6.07) is 13.3. The van der Waals surface area contributed by atoms with Gasteiger partial charge in [0.25, 0.3) is 0 Å². The summed E-state index contributed by atoms with van der Waals surface area (Å²) in [5, 5.41) is 21.9. The molecule has 1 atom stereocenters. The van der Waals surface area contributed by atoms with Crippen LogP contribution in [0.25, 0.3) is 0 Å². The van der Waals surface area contributed by atoms with Crippen molar-refractivity contribution in [2.24, 2.45) is 7.05 Å². The third-order valence-electron chi connectivity index (χ3n) is 4.89. The molecule has 3 N–H and O–H groups in total. The van der Waals surface area contributed by atoms with Gasteiger partial charge in [-0.15, -0.1) is 0 Å². The second-order valence-corrected chi connectivity index (χ2v) is 7.55. The van der Waals surface area contributed by atoms with Crippen LogP contribution in [-0.4, -0.2) is 37.4 Å². The highest BCUT2D eigenvalue weighted by Gasteiger charge is 2.38. The Hall–Kier alpha value is -4.01. The predicted octanol–water partition coefficient (Wildman–Crippen LogP) is 2.80. The van der Waals surface area contributed by atoms with E-state index in [4.69, 9.17) is 9.47 Å². The molecular formula is C23H25N3O6. The summed E-state index contributed by atoms with van der Waals surface area (Å²) in [6.07, 6.45) is 2.50. The molecule has 0 fully saturated rings. The monoisotopic (exact) mass is 439 g/mol. The lowest BCUT2D eigenvalue weighted by molar-refractivity contribution is -0.152. The van der Waals surface area contributed by atoms with E-state index < -0.39 is 17.6 Å². The van der Waals surface area contributed by atoms with Gasteiger partial charge in [-0.2, -0.15) is 0 Å². The maximum atomic E-state index is 13.0. The average Bonchev–Trinajstić information content (AvgIpc) is 3.18. The summed E-state index contributed by atoms with van der Waals surface area (Å²) in [4.78, 5) is 29.6. The number of hydrogen-bond acceptors (Lipinski definition) is 7. The van der Waals surface area contributed by atoms with Crippen molar-refractivity contribution in [1.82, 2.24) is 14.9 Å². The van der Waals surface area contributed by atoms with E-state index in [1.165, 1.54) is 25.1 Å². The van der Waals surface area contributed by atoms with Crippen molar-refractivity contribution in [3.05, 3.63) is 77.9 Å². The van der Waals surface area contributed by atoms with Gasteiger partial charge in [-0.1, -0.05) is 36.4 Å². The van der Waals surface area contributed by atoms with Crippen molar-refractivity contribution in [1.29, 1.82) is 0 Å². The summed E-state index contributed by atoms with van der Waals surface area (Å²) in [5.74, 6) is -0.791. The van der Waals surface area contributed by atoms with E-state index in [2.05, 4.69) is 10.3 Å². The first-order valence-corrected chi connectivity index (χ1v) is 9.90. The van der Waals surface area contributed by atoms with Gasteiger partial charge in [-0.05, 0) is 30.2 Å². The molecule has 0 bridgehead atoms. The van der Waals surface area contributed by atoms with E-state index in [0.717, 1.165) is 5.56 Å². The Balaban J connectivity index is 1.73. The van der Waals surface area contributed by atoms with Crippen molar-refractivity contribution < 1.29 is 29.3 Å². The second kappa shape index (κ2) is 9.86. The highest BCUT2D eigenvalue weighted by atomic mass is 16.6. The number of aryl methyl sites for hydroxylation is 1. The third kappa shape index (κ3) is 5.78. The molecule has 3 aromatic rings. The van der Waals surface area contributed by atoms with Gasteiger partial charge in [0.15, 0.2) is 11.5 Å². The summed E-state index contributed by atoms with van der Waals surface area (Å²) >= 11 is 0. The second-order valence-electron chi connectivity index (χ2n) is 7.55. The number of nitrogens with one attached hydrogen (secondary N) is 1. The van der Waals surface area contributed by atoms with Gasteiger partial charge in [0.05, 0.1) is 0 Å². The molecule has 3 rings (SSSR count). The first-order valence-electron chi connectivity index (χ1n) is 9.90. The number of benzene rings is 2. The number of esters is 1. The Bertz CT molecular complexity index is 1080. The van der Waals surface area contributed by atoms with Crippen LogP contribution in [-0.2, 0) is 41.0 Å². The Kier molecular flexibility index (Phi) is 6.99. The van der Waals surface area contributed by atoms with Crippen LogP contribution in [0.3, 0.4) is 0 Å². The average molecular weight is 439 g/mol. The topological polar surface area (TPSA) is 123 Å². The molecule has 1 aromatic heterocycles. The largest absolute Gasteiger partial charge is 0.504 e. The van der Waals surface area contributed by atoms with Crippen molar-refractivity contribution >= 4 is 12.1 Å². The first-order chi connectivity index (χ1) is 15.3. The van der Waals surface area contributed by atoms with Crippen molar-refractivity contribution in [3.8, 4) is 11.5 Å². The molecule has 1 unspecified atom stereocenters. The minimum absolute atomic E-state index is 0.0132. The number of carbonyl (C=O) groups is 2. The van der Waals surface area contributed by atoms with Crippen LogP contribution >= 0.6 is 0 Å². The van der Waals surface area contributed by atoms with Crippen LogP contribution in [0.2, 0.25) is 0 Å². The van der Waals surface area contributed by atoms with E-state index in [1.807, 2.05) is 30.3 Å². The Morgan fingerprint density at radius 3 is 2.44 bits per heavy atom. The van der Waals surface area contributed by atoms with Crippen LogP contribution in [0.4, 0.5) is 4.79 Å². The molecule has 9 nitrogen and oxygen atoms in total. The quantitative estimate of drug-likeness (QED) is 0.364. The molecule has 0 saturated carbocycles. The number of alkyl carbamates (subject to hydrolysis) is 1. The Labute approximate surface area is 185 Å². The number of hydrogen-bond donors (Lipinski definition) is 3. The summed E-state index contributed by atoms with van der Waals surface area (Å²) in [6.45, 7) is 1.45. The zero-order valence-electron chi connectivity index (χ0n) is 17.8. The Morgan fingerprint density at radius 1 is 1.03 bits per heavy atom. The van der Waals surface area contributed by atoms with Gasteiger partial charge in [0.2, 0.25) is 0 Å². The van der Waals surface area contributed by atoms with Gasteiger partial charge >= 0.3 is 12.1 Å². The molecule has 1 heterocycles. The molecule has 32 heavy (non-hydrogen) atoms. The molecule has 168 valence electrons. The maximum absolute atomic E-state index is 13.0. The van der Waals surface area contributed by atoms with Crippen LogP contribution < -0.4 is 5.32 Å². The summed E-state index contributed by atoms with van der Waals surface area (Å²) in [5.41, 5.74) is -0.215. The number of aromatic hydroxyl groups is 2. The number of aromatic nitrogens is 2. The van der Waals surface area contributed by atoms with Gasteiger partial charge in [-0.3, -0.25) is 0 Å². The van der Waals surface area contributed by atoms with Crippen LogP contribution in [0, 0.1) is 0 Å². The SMILES string of the molecule is Cn1ccnc1COC(=O)C(C)(Cc1ccc(O)c(O)c1)NC(=O)OCc1ccccc1. The number of imidazole rings is 1. The number of phenolic OH excluding ortho intramolecular Hbond substituents is 2. The van der Waals surface area contributed by atoms with Crippen LogP contribution in [0.15, 0.2) is 60.9 Å². The van der Waals surface area contributed by atoms with Gasteiger partial charge in [0, 0.05) is 25.9 Å². The lowest BCUT2D eigenvalue weighted by Crippen LogP contribution is -2.54. The van der Waals surface area contributed by atoms with E-state index in [1.54, 1.807) is 24.0 Å². The molecule has 0 aliphatic heterocycles. The molecule has 9 heteroatoms. The maximum Gasteiger partial charge on any atom is 0.408 e. The number of nitrogens with zero attached hydrogens (tertiary/aromatic N) is 2. The van der Waals surface area contributed by atoms with Crippen molar-refractivity contribution in [2.75, 3.05) is 0 Å². The molecule has 0 saturated heterocycles. The van der Waals surface area contributed by atoms with E-state index in [9.17, 15) is 19.8 Å². The fourth-order valence-corrected chi connectivity index (χ4v) is 3.06. The number of amides is 1. The van der Waals surface area contributed by atoms with E-state index in [0.29, 0.717) is 11.4 Å². The molecule has 0 spiro atoms. The van der Waals surface area contributed by atoms with Crippen LogP contribution in [0.5, 0.6) is 11.5 Å². The smallest absolute Gasteiger partial charge is 0.408 e. The first kappa shape index (κ1) is 22.7. The molecule has 1 amide bonds. The lowest BCUT2D eigenvalue weighted by atomic mass is 9.92. The normalized spacial score (nSPS) is 12.6. The number of phenols is 2. The van der Waals surface area contributed by atoms with Gasteiger partial charge < -0.3 is 29.6 Å². The van der Waals surface area contributed by atoms with Gasteiger partial charge in [-0.25, -0.2) is 14.6 Å². The van der Waals surface area contributed by atoms with E-state index in [-0.39, 0.29) is 31.1 Å². The minimum Gasteiger partial charge on any atom is -0.504 e. The van der Waals surface area contributed by atoms with Crippen molar-refractivity contribution in [3.63, 3.8) is 0 Å². The minimum atomic E-state index is -1.51. The summed E-state index contributed by atoms with van der Waals surface area (Å²) in [7, 11) is 1.77. The predicted molar refractivity (Wildman–Crippen MR) is 115 cm³/mol. The van der Waals surface area contributed by atoms with Gasteiger partial charge in [0.1, 0.15) is 24.6 Å². The molecule has 2 aromatic carbocycles. The third-order valence-corrected chi connectivity index (χ3v) is 4.89. The highest BCUT2D eigenvalue weighted by molar-refractivity contribution is 5.85. The zero-order valence-corrected chi connectivity index (χ0v) is 17.8. The zero-order chi connectivity index (χ0) is 23.1. The fraction of sp³-hybridized carbons (Fsp3) is 0.261. The van der Waals surface area contributed by atoms with E-state index >= 15 is 0 Å². The molecule has 0 aliphatic rings. The Morgan fingerprint density at radius 2 is 1.78 bits per heavy atom. The molecular weight excluding hydrogens is 414 g/mol. The summed E-state index contributed by atoms with van der Waals surface area (Å²) < 4.78 is 12.4. The number of ether oxygens (including phenoxy) is 2. The lowest BCUT2D eigenvalue weighted by Gasteiger charge is -2.28. The molecule has 0 aliphatic carbocycles. The number of rotatable bonds is 8. The fourth-order valence-electron chi connectivity index (χ4n) is 3.06. The highest BCUT2D eigenvalue weighted by Crippen LogP contribution is 2.27. The standard InChI is InChI=1S/C23H25N3O6/c1-23(13-17-8-9-18(27)19(28)12-17,21(29)31-15-20-24-10-11-26(20)2)25-22(30)32-14-16-6-4-3-5-7-16/h3-12,27-28H,13-15H2,1-2H3,(H,25,30). The number of carbonyl (C=O) groups excluding carboxylic acids is 2.